The smallest absolute Gasteiger partial charge is 0.460 e. The van der Waals surface area contributed by atoms with E-state index in [1.807, 2.05) is 0 Å². The molecule has 0 fully saturated rings. The third-order valence-corrected chi connectivity index (χ3v) is 2.94. The maximum absolute atomic E-state index is 12.8. The van der Waals surface area contributed by atoms with Crippen LogP contribution < -0.4 is 0 Å². The first-order chi connectivity index (χ1) is 9.00. The van der Waals surface area contributed by atoms with Gasteiger partial charge in [-0.05, 0) is 22.4 Å². The largest absolute Gasteiger partial charge is 0.461 e. The van der Waals surface area contributed by atoms with E-state index < -0.39 is 30.6 Å². The van der Waals surface area contributed by atoms with Gasteiger partial charge in [0, 0.05) is 6.42 Å². The van der Waals surface area contributed by atoms with Gasteiger partial charge >= 0.3 is 24.0 Å². The SMILES string of the molecule is O=C(OCCc1ccsc1)C(F)(F)C(F)(F)C(F)(F)F. The minimum atomic E-state index is -6.55. The highest BCUT2D eigenvalue weighted by atomic mass is 32.1. The van der Waals surface area contributed by atoms with E-state index in [0.717, 1.165) is 0 Å². The number of rotatable bonds is 5. The molecular weight excluding hydrogens is 317 g/mol. The van der Waals surface area contributed by atoms with E-state index in [9.17, 15) is 35.5 Å². The number of carbonyl (C=O) groups excluding carboxylic acids is 1. The van der Waals surface area contributed by atoms with Gasteiger partial charge in [-0.3, -0.25) is 0 Å². The molecule has 0 aromatic carbocycles. The predicted molar refractivity (Wildman–Crippen MR) is 54.9 cm³/mol. The Morgan fingerprint density at radius 3 is 2.20 bits per heavy atom. The molecule has 0 amide bonds. The lowest BCUT2D eigenvalue weighted by atomic mass is 10.1. The summed E-state index contributed by atoms with van der Waals surface area (Å²) in [4.78, 5) is 10.7. The molecule has 10 heteroatoms. The summed E-state index contributed by atoms with van der Waals surface area (Å²) in [5.74, 6) is -15.4. The molecule has 20 heavy (non-hydrogen) atoms. The molecule has 0 radical (unpaired) electrons. The van der Waals surface area contributed by atoms with Gasteiger partial charge < -0.3 is 4.74 Å². The van der Waals surface area contributed by atoms with E-state index in [1.165, 1.54) is 11.3 Å². The van der Waals surface area contributed by atoms with Crippen LogP contribution in [-0.2, 0) is 16.0 Å². The molecule has 0 N–H and O–H groups in total. The lowest BCUT2D eigenvalue weighted by Gasteiger charge is -2.26. The molecule has 0 bridgehead atoms. The van der Waals surface area contributed by atoms with Crippen LogP contribution in [0.3, 0.4) is 0 Å². The van der Waals surface area contributed by atoms with Crippen molar-refractivity contribution in [2.45, 2.75) is 24.4 Å². The minimum Gasteiger partial charge on any atom is -0.461 e. The maximum atomic E-state index is 12.8. The van der Waals surface area contributed by atoms with Crippen molar-refractivity contribution in [1.29, 1.82) is 0 Å². The molecule has 0 aliphatic heterocycles. The van der Waals surface area contributed by atoms with Gasteiger partial charge in [0.05, 0.1) is 6.61 Å². The van der Waals surface area contributed by atoms with E-state index in [-0.39, 0.29) is 6.42 Å². The van der Waals surface area contributed by atoms with Gasteiger partial charge in [-0.15, -0.1) is 0 Å². The summed E-state index contributed by atoms with van der Waals surface area (Å²) >= 11 is 1.25. The zero-order valence-electron chi connectivity index (χ0n) is 9.52. The molecule has 2 nitrogen and oxygen atoms in total. The standard InChI is InChI=1S/C10H7F7O2S/c11-8(12,9(13,14)10(15,16)17)7(18)19-3-1-6-2-4-20-5-6/h2,4-5H,1,3H2. The van der Waals surface area contributed by atoms with Gasteiger partial charge in [0.25, 0.3) is 0 Å². The summed E-state index contributed by atoms with van der Waals surface area (Å²) in [6.07, 6.45) is -6.62. The van der Waals surface area contributed by atoms with Gasteiger partial charge in [-0.2, -0.15) is 42.1 Å². The Morgan fingerprint density at radius 1 is 1.15 bits per heavy atom. The molecule has 0 saturated heterocycles. The first-order valence-corrected chi connectivity index (χ1v) is 5.95. The van der Waals surface area contributed by atoms with Crippen LogP contribution in [0.5, 0.6) is 0 Å². The number of alkyl halides is 7. The zero-order chi connectivity index (χ0) is 15.6. The Bertz CT molecular complexity index is 453. The van der Waals surface area contributed by atoms with E-state index in [1.54, 1.807) is 16.8 Å². The summed E-state index contributed by atoms with van der Waals surface area (Å²) in [5.41, 5.74) is 0.577. The van der Waals surface area contributed by atoms with E-state index >= 15 is 0 Å². The zero-order valence-corrected chi connectivity index (χ0v) is 10.3. The van der Waals surface area contributed by atoms with Gasteiger partial charge in [-0.25, -0.2) is 4.79 Å². The molecule has 0 atom stereocenters. The van der Waals surface area contributed by atoms with Crippen LogP contribution >= 0.6 is 11.3 Å². The minimum absolute atomic E-state index is 0.0666. The van der Waals surface area contributed by atoms with Crippen molar-refractivity contribution in [3.8, 4) is 0 Å². The average molecular weight is 324 g/mol. The second-order valence-corrected chi connectivity index (χ2v) is 4.44. The highest BCUT2D eigenvalue weighted by Gasteiger charge is 2.77. The van der Waals surface area contributed by atoms with Crippen LogP contribution in [0, 0.1) is 0 Å². The number of hydrogen-bond acceptors (Lipinski definition) is 3. The first kappa shape index (κ1) is 16.7. The van der Waals surface area contributed by atoms with Crippen molar-refractivity contribution < 1.29 is 40.3 Å². The van der Waals surface area contributed by atoms with Gasteiger partial charge in [0.15, 0.2) is 0 Å². The summed E-state index contributed by atoms with van der Waals surface area (Å²) in [7, 11) is 0. The van der Waals surface area contributed by atoms with Gasteiger partial charge in [0.2, 0.25) is 0 Å². The Kier molecular flexibility index (Phi) is 4.67. The second kappa shape index (κ2) is 5.58. The molecule has 0 saturated carbocycles. The normalized spacial score (nSPS) is 13.3. The Balaban J connectivity index is 2.65. The molecular formula is C10H7F7O2S. The highest BCUT2D eigenvalue weighted by Crippen LogP contribution is 2.46. The number of halogens is 7. The third kappa shape index (κ3) is 3.22. The predicted octanol–water partition coefficient (Wildman–Crippen LogP) is 3.67. The van der Waals surface area contributed by atoms with Crippen molar-refractivity contribution in [3.05, 3.63) is 22.4 Å². The number of hydrogen-bond donors (Lipinski definition) is 0. The van der Waals surface area contributed by atoms with Gasteiger partial charge in [-0.1, -0.05) is 0 Å². The van der Waals surface area contributed by atoms with Crippen molar-refractivity contribution in [3.63, 3.8) is 0 Å². The Hall–Kier alpha value is -1.32. The van der Waals surface area contributed by atoms with Crippen LogP contribution in [-0.4, -0.2) is 30.6 Å². The molecule has 0 aliphatic rings. The van der Waals surface area contributed by atoms with E-state index in [0.29, 0.717) is 5.56 Å². The van der Waals surface area contributed by atoms with E-state index in [2.05, 4.69) is 4.74 Å². The second-order valence-electron chi connectivity index (χ2n) is 3.66. The molecule has 114 valence electrons. The van der Waals surface area contributed by atoms with Crippen LogP contribution in [0.4, 0.5) is 30.7 Å². The summed E-state index contributed by atoms with van der Waals surface area (Å²) < 4.78 is 89.8. The Labute approximate surface area is 112 Å². The average Bonchev–Trinajstić information content (AvgIpc) is 2.80. The maximum Gasteiger partial charge on any atom is 0.460 e. The molecule has 1 heterocycles. The fourth-order valence-electron chi connectivity index (χ4n) is 1.09. The van der Waals surface area contributed by atoms with Gasteiger partial charge in [0.1, 0.15) is 0 Å². The summed E-state index contributed by atoms with van der Waals surface area (Å²) in [6, 6.07) is 1.56. The summed E-state index contributed by atoms with van der Waals surface area (Å²) in [6.45, 7) is -0.723. The van der Waals surface area contributed by atoms with Crippen molar-refractivity contribution in [2.24, 2.45) is 0 Å². The van der Waals surface area contributed by atoms with Crippen LogP contribution in [0.25, 0.3) is 0 Å². The third-order valence-electron chi connectivity index (χ3n) is 2.21. The van der Waals surface area contributed by atoms with E-state index in [4.69, 9.17) is 0 Å². The lowest BCUT2D eigenvalue weighted by Crippen LogP contribution is -2.56. The fourth-order valence-corrected chi connectivity index (χ4v) is 1.80. The molecule has 1 aromatic heterocycles. The lowest BCUT2D eigenvalue weighted by molar-refractivity contribution is -0.348. The quantitative estimate of drug-likeness (QED) is 0.610. The van der Waals surface area contributed by atoms with Crippen LogP contribution in [0.2, 0.25) is 0 Å². The number of carbonyl (C=O) groups is 1. The van der Waals surface area contributed by atoms with Crippen LogP contribution in [0.1, 0.15) is 5.56 Å². The topological polar surface area (TPSA) is 26.3 Å². The van der Waals surface area contributed by atoms with Crippen molar-refractivity contribution in [2.75, 3.05) is 6.61 Å². The molecule has 0 aliphatic carbocycles. The molecule has 1 aromatic rings. The number of esters is 1. The molecule has 0 unspecified atom stereocenters. The first-order valence-electron chi connectivity index (χ1n) is 5.01. The number of ether oxygens (including phenoxy) is 1. The molecule has 0 spiro atoms. The van der Waals surface area contributed by atoms with Crippen LogP contribution in [0.15, 0.2) is 16.8 Å². The Morgan fingerprint density at radius 2 is 1.75 bits per heavy atom. The highest BCUT2D eigenvalue weighted by molar-refractivity contribution is 7.07. The fraction of sp³-hybridized carbons (Fsp3) is 0.500. The van der Waals surface area contributed by atoms with Crippen molar-refractivity contribution in [1.82, 2.24) is 0 Å². The summed E-state index contributed by atoms with van der Waals surface area (Å²) in [5, 5.41) is 3.21. The molecule has 1 rings (SSSR count). The number of thiophene rings is 1. The van der Waals surface area contributed by atoms with Crippen molar-refractivity contribution >= 4 is 17.3 Å². The monoisotopic (exact) mass is 324 g/mol.